The van der Waals surface area contributed by atoms with Gasteiger partial charge in [0.25, 0.3) is 0 Å². The molecule has 0 aromatic rings. The van der Waals surface area contributed by atoms with Gasteiger partial charge in [-0.05, 0) is 12.3 Å². The van der Waals surface area contributed by atoms with Crippen LogP contribution in [0.3, 0.4) is 0 Å². The van der Waals surface area contributed by atoms with Gasteiger partial charge in [-0.1, -0.05) is 40.5 Å². The molecule has 0 amide bonds. The molecule has 1 unspecified atom stereocenters. The third kappa shape index (κ3) is 11.4. The number of hydrogen-bond acceptors (Lipinski definition) is 2. The second-order valence-corrected chi connectivity index (χ2v) is 3.27. The van der Waals surface area contributed by atoms with Crippen molar-refractivity contribution < 1.29 is 9.90 Å². The Morgan fingerprint density at radius 2 is 1.77 bits per heavy atom. The van der Waals surface area contributed by atoms with Crippen molar-refractivity contribution in [1.29, 1.82) is 0 Å². The van der Waals surface area contributed by atoms with E-state index in [2.05, 4.69) is 13.8 Å². The Balaban J connectivity index is 0. The molecule has 3 nitrogen and oxygen atoms in total. The molecule has 0 radical (unpaired) electrons. The highest BCUT2D eigenvalue weighted by Gasteiger charge is 2.10. The van der Waals surface area contributed by atoms with Crippen LogP contribution in [0.15, 0.2) is 0 Å². The van der Waals surface area contributed by atoms with Gasteiger partial charge < -0.3 is 10.8 Å². The summed E-state index contributed by atoms with van der Waals surface area (Å²) in [5, 5.41) is 8.42. The Morgan fingerprint density at radius 1 is 1.31 bits per heavy atom. The number of rotatable bonds is 5. The molecular formula is C10H23NO2. The zero-order valence-corrected chi connectivity index (χ0v) is 9.21. The van der Waals surface area contributed by atoms with Crippen molar-refractivity contribution >= 4 is 5.97 Å². The van der Waals surface area contributed by atoms with E-state index in [1.165, 1.54) is 0 Å². The number of carbonyl (C=O) groups is 1. The topological polar surface area (TPSA) is 63.3 Å². The Morgan fingerprint density at radius 3 is 2.08 bits per heavy atom. The van der Waals surface area contributed by atoms with Gasteiger partial charge in [-0.25, -0.2) is 0 Å². The lowest BCUT2D eigenvalue weighted by atomic mass is 10.0. The normalized spacial score (nSPS) is 11.8. The molecule has 0 saturated heterocycles. The molecule has 13 heavy (non-hydrogen) atoms. The van der Waals surface area contributed by atoms with Crippen LogP contribution in [0.1, 0.15) is 47.0 Å². The van der Waals surface area contributed by atoms with Crippen LogP contribution >= 0.6 is 0 Å². The average molecular weight is 189 g/mol. The van der Waals surface area contributed by atoms with Crippen LogP contribution in [0.4, 0.5) is 0 Å². The Labute approximate surface area is 81.3 Å². The van der Waals surface area contributed by atoms with Crippen molar-refractivity contribution in [3.8, 4) is 0 Å². The molecule has 0 fully saturated rings. The molecule has 80 valence electrons. The van der Waals surface area contributed by atoms with E-state index >= 15 is 0 Å². The molecule has 0 aliphatic heterocycles. The smallest absolute Gasteiger partial charge is 0.320 e. The minimum absolute atomic E-state index is 0.591. The molecule has 3 N–H and O–H groups in total. The van der Waals surface area contributed by atoms with Crippen LogP contribution in [-0.2, 0) is 4.79 Å². The minimum atomic E-state index is -0.895. The second kappa shape index (κ2) is 9.52. The van der Waals surface area contributed by atoms with E-state index in [1.807, 2.05) is 13.8 Å². The molecule has 0 spiro atoms. The van der Waals surface area contributed by atoms with Gasteiger partial charge in [0.2, 0.25) is 0 Å². The fourth-order valence-electron chi connectivity index (χ4n) is 0.869. The summed E-state index contributed by atoms with van der Waals surface area (Å²) in [6, 6.07) is -0.672. The molecule has 0 aliphatic carbocycles. The molecule has 0 aromatic heterocycles. The van der Waals surface area contributed by atoms with Gasteiger partial charge in [-0.15, -0.1) is 0 Å². The minimum Gasteiger partial charge on any atom is -0.480 e. The standard InChI is InChI=1S/C8H17NO2.C2H6/c1-6(2)4-3-5-7(9)8(10)11;1-2/h6-7H,3-5,9H2,1-2H3,(H,10,11);1-2H3. The Kier molecular flexibility index (Phi) is 10.9. The van der Waals surface area contributed by atoms with E-state index in [-0.39, 0.29) is 0 Å². The summed E-state index contributed by atoms with van der Waals surface area (Å²) in [6.07, 6.45) is 2.56. The van der Waals surface area contributed by atoms with Crippen LogP contribution in [0.25, 0.3) is 0 Å². The first-order valence-corrected chi connectivity index (χ1v) is 5.02. The highest BCUT2D eigenvalue weighted by Crippen LogP contribution is 2.07. The van der Waals surface area contributed by atoms with Crippen LogP contribution in [0, 0.1) is 5.92 Å². The molecule has 0 aliphatic rings. The van der Waals surface area contributed by atoms with Crippen LogP contribution in [0.2, 0.25) is 0 Å². The molecular weight excluding hydrogens is 166 g/mol. The monoisotopic (exact) mass is 189 g/mol. The maximum Gasteiger partial charge on any atom is 0.320 e. The first kappa shape index (κ1) is 14.9. The number of nitrogens with two attached hydrogens (primary N) is 1. The van der Waals surface area contributed by atoms with Crippen molar-refractivity contribution in [1.82, 2.24) is 0 Å². The van der Waals surface area contributed by atoms with Crippen molar-refractivity contribution in [2.75, 3.05) is 0 Å². The van der Waals surface area contributed by atoms with E-state index in [0.29, 0.717) is 12.3 Å². The van der Waals surface area contributed by atoms with Crippen LogP contribution in [-0.4, -0.2) is 17.1 Å². The van der Waals surface area contributed by atoms with Gasteiger partial charge in [-0.2, -0.15) is 0 Å². The maximum atomic E-state index is 10.2. The van der Waals surface area contributed by atoms with E-state index in [1.54, 1.807) is 0 Å². The van der Waals surface area contributed by atoms with Crippen molar-refractivity contribution in [3.63, 3.8) is 0 Å². The number of aliphatic carboxylic acids is 1. The maximum absolute atomic E-state index is 10.2. The van der Waals surface area contributed by atoms with Crippen LogP contribution < -0.4 is 5.73 Å². The van der Waals surface area contributed by atoms with Crippen molar-refractivity contribution in [3.05, 3.63) is 0 Å². The number of hydrogen-bond donors (Lipinski definition) is 2. The number of carboxylic acids is 1. The molecule has 0 bridgehead atoms. The summed E-state index contributed by atoms with van der Waals surface area (Å²) < 4.78 is 0. The summed E-state index contributed by atoms with van der Waals surface area (Å²) in [5.74, 6) is -0.259. The van der Waals surface area contributed by atoms with E-state index < -0.39 is 12.0 Å². The van der Waals surface area contributed by atoms with Gasteiger partial charge in [0.05, 0.1) is 0 Å². The van der Waals surface area contributed by atoms with Gasteiger partial charge in [0.1, 0.15) is 6.04 Å². The summed E-state index contributed by atoms with van der Waals surface area (Å²) in [6.45, 7) is 8.23. The fourth-order valence-corrected chi connectivity index (χ4v) is 0.869. The lowest BCUT2D eigenvalue weighted by molar-refractivity contribution is -0.138. The van der Waals surface area contributed by atoms with E-state index in [0.717, 1.165) is 12.8 Å². The second-order valence-electron chi connectivity index (χ2n) is 3.27. The summed E-state index contributed by atoms with van der Waals surface area (Å²) in [5.41, 5.74) is 5.30. The van der Waals surface area contributed by atoms with Gasteiger partial charge in [0.15, 0.2) is 0 Å². The largest absolute Gasteiger partial charge is 0.480 e. The third-order valence-corrected chi connectivity index (χ3v) is 1.61. The molecule has 0 saturated carbocycles. The lowest BCUT2D eigenvalue weighted by Crippen LogP contribution is -2.29. The SMILES string of the molecule is CC.CC(C)CCCC(N)C(=O)O. The van der Waals surface area contributed by atoms with Crippen molar-refractivity contribution in [2.45, 2.75) is 53.0 Å². The summed E-state index contributed by atoms with van der Waals surface area (Å²) in [4.78, 5) is 10.2. The first-order chi connectivity index (χ1) is 6.04. The Bertz CT molecular complexity index is 124. The fraction of sp³-hybridized carbons (Fsp3) is 0.900. The van der Waals surface area contributed by atoms with E-state index in [9.17, 15) is 4.79 Å². The summed E-state index contributed by atoms with van der Waals surface area (Å²) in [7, 11) is 0. The first-order valence-electron chi connectivity index (χ1n) is 5.02. The predicted molar refractivity (Wildman–Crippen MR) is 55.6 cm³/mol. The zero-order chi connectivity index (χ0) is 10.9. The summed E-state index contributed by atoms with van der Waals surface area (Å²) >= 11 is 0. The molecule has 0 heterocycles. The molecule has 1 atom stereocenters. The Hall–Kier alpha value is -0.570. The highest BCUT2D eigenvalue weighted by molar-refractivity contribution is 5.72. The van der Waals surface area contributed by atoms with Crippen LogP contribution in [0.5, 0.6) is 0 Å². The van der Waals surface area contributed by atoms with Gasteiger partial charge >= 0.3 is 5.97 Å². The van der Waals surface area contributed by atoms with Crippen molar-refractivity contribution in [2.24, 2.45) is 11.7 Å². The molecule has 0 rings (SSSR count). The predicted octanol–water partition coefficient (Wildman–Crippen LogP) is 2.25. The van der Waals surface area contributed by atoms with Gasteiger partial charge in [0, 0.05) is 0 Å². The third-order valence-electron chi connectivity index (χ3n) is 1.61. The molecule has 3 heteroatoms. The average Bonchev–Trinajstić information content (AvgIpc) is 2.07. The van der Waals surface area contributed by atoms with E-state index in [4.69, 9.17) is 10.8 Å². The van der Waals surface area contributed by atoms with Gasteiger partial charge in [-0.3, -0.25) is 4.79 Å². The lowest BCUT2D eigenvalue weighted by Gasteiger charge is -2.06. The zero-order valence-electron chi connectivity index (χ0n) is 9.21. The number of carboxylic acid groups (broad SMARTS) is 1. The quantitative estimate of drug-likeness (QED) is 0.697. The highest BCUT2D eigenvalue weighted by atomic mass is 16.4. The molecule has 0 aromatic carbocycles.